The molecule has 2 heterocycles. The number of hydrogen-bond donors (Lipinski definition) is 1. The molecule has 76 valence electrons. The zero-order chi connectivity index (χ0) is 10.0. The van der Waals surface area contributed by atoms with E-state index in [1.165, 1.54) is 0 Å². The van der Waals surface area contributed by atoms with Gasteiger partial charge in [0.25, 0.3) is 0 Å². The normalized spacial score (nSPS) is 27.6. The van der Waals surface area contributed by atoms with Gasteiger partial charge in [-0.1, -0.05) is 0 Å². The average molecular weight is 194 g/mol. The van der Waals surface area contributed by atoms with Crippen molar-refractivity contribution in [2.45, 2.75) is 25.4 Å². The molecule has 1 aliphatic rings. The van der Waals surface area contributed by atoms with Crippen molar-refractivity contribution in [1.29, 1.82) is 0 Å². The van der Waals surface area contributed by atoms with E-state index >= 15 is 0 Å². The lowest BCUT2D eigenvalue weighted by Gasteiger charge is -2.31. The quantitative estimate of drug-likeness (QED) is 0.739. The van der Waals surface area contributed by atoms with Gasteiger partial charge in [-0.3, -0.25) is 4.98 Å². The van der Waals surface area contributed by atoms with Crippen molar-refractivity contribution in [2.24, 2.45) is 0 Å². The van der Waals surface area contributed by atoms with E-state index in [9.17, 15) is 4.39 Å². The van der Waals surface area contributed by atoms with Crippen LogP contribution in [-0.4, -0.2) is 18.1 Å². The number of halogens is 1. The molecule has 2 rings (SSSR count). The van der Waals surface area contributed by atoms with Crippen LogP contribution in [0.2, 0.25) is 0 Å². The van der Waals surface area contributed by atoms with Gasteiger partial charge < -0.3 is 5.32 Å². The molecule has 1 atom stereocenters. The lowest BCUT2D eigenvalue weighted by Crippen LogP contribution is -2.40. The molecule has 0 aromatic carbocycles. The summed E-state index contributed by atoms with van der Waals surface area (Å²) in [6, 6.07) is 1.87. The smallest absolute Gasteiger partial charge is 0.150 e. The predicted octanol–water partition coefficient (Wildman–Crippen LogP) is 1.94. The summed E-state index contributed by atoms with van der Waals surface area (Å²) in [4.78, 5) is 4.00. The molecule has 0 spiro atoms. The van der Waals surface area contributed by atoms with Crippen LogP contribution in [0.15, 0.2) is 18.5 Å². The van der Waals surface area contributed by atoms with Crippen LogP contribution in [0.1, 0.15) is 24.0 Å². The minimum atomic E-state index is -1.21. The SMILES string of the molecule is Cc1ccncc1C1(F)CCCNC1. The number of piperidine rings is 1. The number of hydrogen-bond acceptors (Lipinski definition) is 2. The lowest BCUT2D eigenvalue weighted by atomic mass is 9.87. The molecule has 14 heavy (non-hydrogen) atoms. The molecular weight excluding hydrogens is 179 g/mol. The highest BCUT2D eigenvalue weighted by atomic mass is 19.1. The van der Waals surface area contributed by atoms with Crippen molar-refractivity contribution in [3.8, 4) is 0 Å². The average Bonchev–Trinajstić information content (AvgIpc) is 2.19. The fourth-order valence-corrected chi connectivity index (χ4v) is 2.03. The van der Waals surface area contributed by atoms with Gasteiger partial charge in [0, 0.05) is 24.5 Å². The third-order valence-corrected chi connectivity index (χ3v) is 2.85. The van der Waals surface area contributed by atoms with Crippen LogP contribution >= 0.6 is 0 Å². The summed E-state index contributed by atoms with van der Waals surface area (Å²) in [6.07, 6.45) is 4.86. The Hall–Kier alpha value is -0.960. The summed E-state index contributed by atoms with van der Waals surface area (Å²) in [5.74, 6) is 0. The first kappa shape index (κ1) is 9.59. The first-order valence-corrected chi connectivity index (χ1v) is 5.03. The minimum absolute atomic E-state index is 0.416. The Morgan fingerprint density at radius 2 is 2.43 bits per heavy atom. The zero-order valence-corrected chi connectivity index (χ0v) is 8.39. The topological polar surface area (TPSA) is 24.9 Å². The van der Waals surface area contributed by atoms with E-state index in [0.29, 0.717) is 13.0 Å². The number of aromatic nitrogens is 1. The van der Waals surface area contributed by atoms with Crippen LogP contribution in [-0.2, 0) is 5.67 Å². The molecule has 1 aliphatic heterocycles. The third kappa shape index (κ3) is 1.64. The fourth-order valence-electron chi connectivity index (χ4n) is 2.03. The molecule has 0 radical (unpaired) electrons. The van der Waals surface area contributed by atoms with Gasteiger partial charge in [0.1, 0.15) is 5.67 Å². The number of aryl methyl sites for hydroxylation is 1. The Balaban J connectivity index is 2.32. The largest absolute Gasteiger partial charge is 0.313 e. The minimum Gasteiger partial charge on any atom is -0.313 e. The van der Waals surface area contributed by atoms with Gasteiger partial charge in [-0.2, -0.15) is 0 Å². The summed E-state index contributed by atoms with van der Waals surface area (Å²) in [6.45, 7) is 3.28. The van der Waals surface area contributed by atoms with Gasteiger partial charge in [-0.25, -0.2) is 4.39 Å². The molecule has 1 N–H and O–H groups in total. The highest BCUT2D eigenvalue weighted by molar-refractivity contribution is 5.29. The van der Waals surface area contributed by atoms with Crippen LogP contribution in [0.5, 0.6) is 0 Å². The van der Waals surface area contributed by atoms with E-state index in [1.807, 2.05) is 13.0 Å². The molecule has 3 heteroatoms. The number of pyridine rings is 1. The van der Waals surface area contributed by atoms with Crippen molar-refractivity contribution in [3.05, 3.63) is 29.6 Å². The van der Waals surface area contributed by atoms with Gasteiger partial charge in [0.15, 0.2) is 0 Å². The summed E-state index contributed by atoms with van der Waals surface area (Å²) in [5.41, 5.74) is 0.523. The second-order valence-corrected chi connectivity index (χ2v) is 3.94. The second kappa shape index (κ2) is 3.65. The number of alkyl halides is 1. The van der Waals surface area contributed by atoms with Gasteiger partial charge in [-0.15, -0.1) is 0 Å². The molecule has 0 bridgehead atoms. The van der Waals surface area contributed by atoms with E-state index in [1.54, 1.807) is 12.4 Å². The van der Waals surface area contributed by atoms with Crippen molar-refractivity contribution in [3.63, 3.8) is 0 Å². The van der Waals surface area contributed by atoms with Crippen LogP contribution in [0.25, 0.3) is 0 Å². The third-order valence-electron chi connectivity index (χ3n) is 2.85. The lowest BCUT2D eigenvalue weighted by molar-refractivity contribution is 0.120. The van der Waals surface area contributed by atoms with E-state index in [4.69, 9.17) is 0 Å². The van der Waals surface area contributed by atoms with Gasteiger partial charge in [0.05, 0.1) is 0 Å². The molecule has 2 nitrogen and oxygen atoms in total. The number of nitrogens with zero attached hydrogens (tertiary/aromatic N) is 1. The van der Waals surface area contributed by atoms with Crippen molar-refractivity contribution >= 4 is 0 Å². The monoisotopic (exact) mass is 194 g/mol. The van der Waals surface area contributed by atoms with E-state index in [0.717, 1.165) is 24.1 Å². The fraction of sp³-hybridized carbons (Fsp3) is 0.545. The molecule has 1 aromatic rings. The van der Waals surface area contributed by atoms with E-state index in [2.05, 4.69) is 10.3 Å². The number of nitrogens with one attached hydrogen (secondary N) is 1. The predicted molar refractivity (Wildman–Crippen MR) is 53.9 cm³/mol. The highest BCUT2D eigenvalue weighted by Crippen LogP contribution is 2.33. The van der Waals surface area contributed by atoms with Crippen molar-refractivity contribution in [2.75, 3.05) is 13.1 Å². The Bertz CT molecular complexity index is 319. The maximum absolute atomic E-state index is 14.5. The van der Waals surface area contributed by atoms with Crippen LogP contribution in [0.4, 0.5) is 4.39 Å². The second-order valence-electron chi connectivity index (χ2n) is 3.94. The van der Waals surface area contributed by atoms with Crippen LogP contribution in [0, 0.1) is 6.92 Å². The summed E-state index contributed by atoms with van der Waals surface area (Å²) in [5, 5.41) is 3.10. The Kier molecular flexibility index (Phi) is 2.50. The van der Waals surface area contributed by atoms with Crippen molar-refractivity contribution in [1.82, 2.24) is 10.3 Å². The molecule has 0 amide bonds. The Labute approximate surface area is 83.6 Å². The molecule has 1 fully saturated rings. The zero-order valence-electron chi connectivity index (χ0n) is 8.39. The summed E-state index contributed by atoms with van der Waals surface area (Å²) in [7, 11) is 0. The molecule has 0 aliphatic carbocycles. The molecule has 1 unspecified atom stereocenters. The first-order chi connectivity index (χ1) is 6.72. The Morgan fingerprint density at radius 3 is 3.07 bits per heavy atom. The summed E-state index contributed by atoms with van der Waals surface area (Å²) < 4.78 is 14.5. The van der Waals surface area contributed by atoms with Crippen LogP contribution in [0.3, 0.4) is 0 Å². The highest BCUT2D eigenvalue weighted by Gasteiger charge is 2.34. The molecule has 1 aromatic heterocycles. The van der Waals surface area contributed by atoms with E-state index in [-0.39, 0.29) is 0 Å². The maximum Gasteiger partial charge on any atom is 0.150 e. The van der Waals surface area contributed by atoms with Gasteiger partial charge >= 0.3 is 0 Å². The van der Waals surface area contributed by atoms with Gasteiger partial charge in [0.2, 0.25) is 0 Å². The maximum atomic E-state index is 14.5. The van der Waals surface area contributed by atoms with Crippen molar-refractivity contribution < 1.29 is 4.39 Å². The molecule has 0 saturated carbocycles. The first-order valence-electron chi connectivity index (χ1n) is 5.03. The number of rotatable bonds is 1. The summed E-state index contributed by atoms with van der Waals surface area (Å²) >= 11 is 0. The molecular formula is C11H15FN2. The standard InChI is InChI=1S/C11H15FN2/c1-9-3-6-13-7-10(9)11(12)4-2-5-14-8-11/h3,6-7,14H,2,4-5,8H2,1H3. The Morgan fingerprint density at radius 1 is 1.57 bits per heavy atom. The van der Waals surface area contributed by atoms with Crippen LogP contribution < -0.4 is 5.32 Å². The van der Waals surface area contributed by atoms with E-state index < -0.39 is 5.67 Å². The molecule has 1 saturated heterocycles. The van der Waals surface area contributed by atoms with Gasteiger partial charge in [-0.05, 0) is 37.9 Å².